The number of carbonyl (C=O) groups is 1. The highest BCUT2D eigenvalue weighted by Gasteiger charge is 2.22. The van der Waals surface area contributed by atoms with Crippen LogP contribution in [0.25, 0.3) is 0 Å². The molecule has 0 bridgehead atoms. The van der Waals surface area contributed by atoms with Crippen molar-refractivity contribution in [3.8, 4) is 0 Å². The summed E-state index contributed by atoms with van der Waals surface area (Å²) in [6.07, 6.45) is 5.86. The van der Waals surface area contributed by atoms with E-state index in [-0.39, 0.29) is 11.9 Å². The fourth-order valence-corrected chi connectivity index (χ4v) is 4.06. The second-order valence-electron chi connectivity index (χ2n) is 5.80. The molecule has 2 aromatic heterocycles. The van der Waals surface area contributed by atoms with Gasteiger partial charge < -0.3 is 15.6 Å². The Morgan fingerprint density at radius 1 is 1.30 bits per heavy atom. The third kappa shape index (κ3) is 2.78. The summed E-state index contributed by atoms with van der Waals surface area (Å²) in [6.45, 7) is 1.38. The van der Waals surface area contributed by atoms with Gasteiger partial charge in [0.1, 0.15) is 5.69 Å². The first kappa shape index (κ1) is 14.5. The molecule has 4 rings (SSSR count). The SMILES string of the molecule is Nc1nc2c(c(C(=O)NCc3cn4c(n3)SCC4)n1)CCCC2. The molecule has 2 aliphatic rings. The van der Waals surface area contributed by atoms with E-state index in [0.717, 1.165) is 60.1 Å². The highest BCUT2D eigenvalue weighted by atomic mass is 32.2. The molecule has 23 heavy (non-hydrogen) atoms. The average Bonchev–Trinajstić information content (AvgIpc) is 3.13. The highest BCUT2D eigenvalue weighted by Crippen LogP contribution is 2.25. The molecule has 2 aromatic rings. The first-order valence-electron chi connectivity index (χ1n) is 7.83. The number of amides is 1. The lowest BCUT2D eigenvalue weighted by molar-refractivity contribution is 0.0944. The van der Waals surface area contributed by atoms with Crippen LogP contribution in [0, 0.1) is 0 Å². The topological polar surface area (TPSA) is 98.7 Å². The Morgan fingerprint density at radius 3 is 3.04 bits per heavy atom. The van der Waals surface area contributed by atoms with Crippen LogP contribution in [0.4, 0.5) is 5.95 Å². The lowest BCUT2D eigenvalue weighted by Gasteiger charge is -2.17. The molecule has 1 aliphatic carbocycles. The van der Waals surface area contributed by atoms with E-state index in [1.54, 1.807) is 11.8 Å². The van der Waals surface area contributed by atoms with Crippen LogP contribution in [-0.2, 0) is 25.9 Å². The van der Waals surface area contributed by atoms with E-state index in [1.807, 2.05) is 6.20 Å². The average molecular weight is 330 g/mol. The van der Waals surface area contributed by atoms with Gasteiger partial charge in [0.05, 0.1) is 12.2 Å². The van der Waals surface area contributed by atoms with E-state index in [9.17, 15) is 4.79 Å². The lowest BCUT2D eigenvalue weighted by Crippen LogP contribution is -2.27. The molecule has 0 saturated carbocycles. The van der Waals surface area contributed by atoms with Gasteiger partial charge in [-0.15, -0.1) is 0 Å². The molecular weight excluding hydrogens is 312 g/mol. The van der Waals surface area contributed by atoms with Crippen LogP contribution in [0.1, 0.15) is 40.3 Å². The summed E-state index contributed by atoms with van der Waals surface area (Å²) in [4.78, 5) is 25.5. The van der Waals surface area contributed by atoms with Crippen LogP contribution >= 0.6 is 11.8 Å². The second kappa shape index (κ2) is 5.84. The number of hydrogen-bond donors (Lipinski definition) is 2. The number of rotatable bonds is 3. The number of thioether (sulfide) groups is 1. The molecule has 3 N–H and O–H groups in total. The summed E-state index contributed by atoms with van der Waals surface area (Å²) < 4.78 is 2.12. The van der Waals surface area contributed by atoms with Crippen LogP contribution < -0.4 is 11.1 Å². The third-order valence-electron chi connectivity index (χ3n) is 4.20. The molecule has 7 nitrogen and oxygen atoms in total. The molecule has 0 unspecified atom stereocenters. The van der Waals surface area contributed by atoms with Crippen LogP contribution in [-0.4, -0.2) is 31.2 Å². The van der Waals surface area contributed by atoms with Gasteiger partial charge in [0, 0.05) is 29.8 Å². The largest absolute Gasteiger partial charge is 0.368 e. The summed E-state index contributed by atoms with van der Waals surface area (Å²) in [6, 6.07) is 0. The molecule has 0 aromatic carbocycles. The molecule has 0 fully saturated rings. The van der Waals surface area contributed by atoms with Crippen molar-refractivity contribution in [2.24, 2.45) is 0 Å². The van der Waals surface area contributed by atoms with Gasteiger partial charge in [-0.3, -0.25) is 4.79 Å². The van der Waals surface area contributed by atoms with E-state index in [4.69, 9.17) is 5.73 Å². The Bertz CT molecular complexity index is 750. The number of aromatic nitrogens is 4. The van der Waals surface area contributed by atoms with Gasteiger partial charge in [0.15, 0.2) is 5.16 Å². The van der Waals surface area contributed by atoms with Crippen molar-refractivity contribution in [2.45, 2.75) is 43.9 Å². The fourth-order valence-electron chi connectivity index (χ4n) is 3.10. The number of hydrogen-bond acceptors (Lipinski definition) is 6. The Balaban J connectivity index is 1.51. The number of nitrogen functional groups attached to an aromatic ring is 1. The third-order valence-corrected chi connectivity index (χ3v) is 5.17. The Labute approximate surface area is 138 Å². The fraction of sp³-hybridized carbons (Fsp3) is 0.467. The van der Waals surface area contributed by atoms with Crippen molar-refractivity contribution in [2.75, 3.05) is 11.5 Å². The summed E-state index contributed by atoms with van der Waals surface area (Å²) in [5.41, 5.74) is 8.92. The molecule has 1 aliphatic heterocycles. The van der Waals surface area contributed by atoms with Crippen LogP contribution in [0.15, 0.2) is 11.4 Å². The van der Waals surface area contributed by atoms with Gasteiger partial charge in [-0.05, 0) is 25.7 Å². The Kier molecular flexibility index (Phi) is 3.68. The molecule has 0 radical (unpaired) electrons. The molecule has 0 spiro atoms. The zero-order valence-electron chi connectivity index (χ0n) is 12.7. The molecule has 120 valence electrons. The van der Waals surface area contributed by atoms with Crippen molar-refractivity contribution in [3.05, 3.63) is 28.8 Å². The molecule has 8 heteroatoms. The zero-order valence-corrected chi connectivity index (χ0v) is 13.5. The molecular formula is C15H18N6OS. The minimum Gasteiger partial charge on any atom is -0.368 e. The summed E-state index contributed by atoms with van der Waals surface area (Å²) >= 11 is 1.74. The molecule has 3 heterocycles. The number of anilines is 1. The quantitative estimate of drug-likeness (QED) is 0.876. The number of aryl methyl sites for hydroxylation is 2. The van der Waals surface area contributed by atoms with E-state index < -0.39 is 0 Å². The van der Waals surface area contributed by atoms with Crippen LogP contribution in [0.5, 0.6) is 0 Å². The first-order valence-corrected chi connectivity index (χ1v) is 8.81. The van der Waals surface area contributed by atoms with E-state index in [0.29, 0.717) is 12.2 Å². The van der Waals surface area contributed by atoms with Crippen molar-refractivity contribution >= 4 is 23.6 Å². The highest BCUT2D eigenvalue weighted by molar-refractivity contribution is 7.99. The molecule has 0 atom stereocenters. The van der Waals surface area contributed by atoms with Crippen LogP contribution in [0.2, 0.25) is 0 Å². The maximum Gasteiger partial charge on any atom is 0.270 e. The Morgan fingerprint density at radius 2 is 2.17 bits per heavy atom. The zero-order chi connectivity index (χ0) is 15.8. The number of imidazole rings is 1. The van der Waals surface area contributed by atoms with Crippen molar-refractivity contribution in [3.63, 3.8) is 0 Å². The summed E-state index contributed by atoms with van der Waals surface area (Å²) in [7, 11) is 0. The lowest BCUT2D eigenvalue weighted by atomic mass is 9.94. The van der Waals surface area contributed by atoms with Gasteiger partial charge in [-0.2, -0.15) is 0 Å². The number of nitrogens with zero attached hydrogens (tertiary/aromatic N) is 4. The summed E-state index contributed by atoms with van der Waals surface area (Å²) in [5, 5.41) is 3.94. The predicted octanol–water partition coefficient (Wildman–Crippen LogP) is 1.17. The van der Waals surface area contributed by atoms with Crippen molar-refractivity contribution in [1.29, 1.82) is 0 Å². The maximum atomic E-state index is 12.5. The van der Waals surface area contributed by atoms with Crippen LogP contribution in [0.3, 0.4) is 0 Å². The van der Waals surface area contributed by atoms with Crippen molar-refractivity contribution in [1.82, 2.24) is 24.8 Å². The molecule has 1 amide bonds. The van der Waals surface area contributed by atoms with E-state index in [2.05, 4.69) is 24.8 Å². The number of fused-ring (bicyclic) bond motifs is 2. The van der Waals surface area contributed by atoms with E-state index >= 15 is 0 Å². The standard InChI is InChI=1S/C15H18N6OS/c16-14-19-11-4-2-1-3-10(11)12(20-14)13(22)17-7-9-8-21-5-6-23-15(21)18-9/h8H,1-7H2,(H,17,22)(H2,16,19,20). The van der Waals surface area contributed by atoms with Gasteiger partial charge >= 0.3 is 0 Å². The minimum atomic E-state index is -0.196. The second-order valence-corrected chi connectivity index (χ2v) is 6.86. The maximum absolute atomic E-state index is 12.5. The van der Waals surface area contributed by atoms with Gasteiger partial charge in [-0.1, -0.05) is 11.8 Å². The number of nitrogens with one attached hydrogen (secondary N) is 1. The smallest absolute Gasteiger partial charge is 0.270 e. The van der Waals surface area contributed by atoms with Gasteiger partial charge in [-0.25, -0.2) is 15.0 Å². The van der Waals surface area contributed by atoms with Gasteiger partial charge in [0.25, 0.3) is 5.91 Å². The number of carbonyl (C=O) groups excluding carboxylic acids is 1. The van der Waals surface area contributed by atoms with Gasteiger partial charge in [0.2, 0.25) is 5.95 Å². The van der Waals surface area contributed by atoms with E-state index in [1.165, 1.54) is 0 Å². The molecule has 0 saturated heterocycles. The summed E-state index contributed by atoms with van der Waals surface area (Å²) in [5.74, 6) is 1.05. The monoisotopic (exact) mass is 330 g/mol. The first-order chi connectivity index (χ1) is 11.2. The normalized spacial score (nSPS) is 16.0. The number of nitrogens with two attached hydrogens (primary N) is 1. The van der Waals surface area contributed by atoms with Crippen molar-refractivity contribution < 1.29 is 4.79 Å². The Hall–Kier alpha value is -2.09. The minimum absolute atomic E-state index is 0.174. The predicted molar refractivity (Wildman–Crippen MR) is 87.2 cm³/mol.